The van der Waals surface area contributed by atoms with Crippen molar-refractivity contribution in [1.29, 1.82) is 0 Å². The normalized spacial score (nSPS) is 16.3. The molecule has 22 heavy (non-hydrogen) atoms. The van der Waals surface area contributed by atoms with Crippen LogP contribution in [-0.2, 0) is 4.79 Å². The second kappa shape index (κ2) is 8.03. The number of likely N-dealkylation sites (tertiary alicyclic amines) is 1. The molecule has 1 fully saturated rings. The Morgan fingerprint density at radius 3 is 2.50 bits per heavy atom. The Morgan fingerprint density at radius 1 is 1.23 bits per heavy atom. The Bertz CT molecular complexity index is 499. The summed E-state index contributed by atoms with van der Waals surface area (Å²) in [7, 11) is 3.28. The predicted octanol–water partition coefficient (Wildman–Crippen LogP) is 2.37. The lowest BCUT2D eigenvalue weighted by Gasteiger charge is -2.28. The fourth-order valence-electron chi connectivity index (χ4n) is 2.91. The van der Waals surface area contributed by atoms with Crippen molar-refractivity contribution >= 4 is 5.91 Å². The highest BCUT2D eigenvalue weighted by Crippen LogP contribution is 2.32. The first-order chi connectivity index (χ1) is 10.7. The van der Waals surface area contributed by atoms with E-state index >= 15 is 0 Å². The minimum atomic E-state index is 0.0877. The van der Waals surface area contributed by atoms with Crippen LogP contribution in [0.5, 0.6) is 11.5 Å². The summed E-state index contributed by atoms with van der Waals surface area (Å²) in [6.07, 6.45) is 2.94. The number of carbonyl (C=O) groups is 1. The molecular formula is C17H26N2O3. The third-order valence-electron chi connectivity index (χ3n) is 4.19. The number of amides is 1. The number of hydrogen-bond donors (Lipinski definition) is 1. The molecular weight excluding hydrogens is 280 g/mol. The van der Waals surface area contributed by atoms with Gasteiger partial charge in [0.25, 0.3) is 0 Å². The maximum Gasteiger partial charge on any atom is 0.219 e. The van der Waals surface area contributed by atoms with Crippen molar-refractivity contribution in [3.05, 3.63) is 23.8 Å². The zero-order valence-electron chi connectivity index (χ0n) is 13.7. The molecule has 122 valence electrons. The van der Waals surface area contributed by atoms with E-state index in [-0.39, 0.29) is 11.9 Å². The first kappa shape index (κ1) is 16.6. The quantitative estimate of drug-likeness (QED) is 0.840. The Morgan fingerprint density at radius 2 is 1.91 bits per heavy atom. The van der Waals surface area contributed by atoms with Crippen molar-refractivity contribution in [3.8, 4) is 11.5 Å². The van der Waals surface area contributed by atoms with Crippen molar-refractivity contribution < 1.29 is 14.3 Å². The van der Waals surface area contributed by atoms with Crippen LogP contribution in [0.2, 0.25) is 0 Å². The SMILES string of the molecule is CCC(=O)NCC(c1ccc(OC)c(OC)c1)N1CCCC1. The highest BCUT2D eigenvalue weighted by Gasteiger charge is 2.24. The Hall–Kier alpha value is -1.75. The van der Waals surface area contributed by atoms with Gasteiger partial charge in [0.1, 0.15) is 0 Å². The number of carbonyl (C=O) groups excluding carboxylic acids is 1. The molecule has 1 amide bonds. The smallest absolute Gasteiger partial charge is 0.219 e. The van der Waals surface area contributed by atoms with E-state index in [2.05, 4.69) is 16.3 Å². The van der Waals surface area contributed by atoms with Gasteiger partial charge in [0.05, 0.1) is 20.3 Å². The molecule has 0 aliphatic carbocycles. The van der Waals surface area contributed by atoms with Gasteiger partial charge in [-0.2, -0.15) is 0 Å². The van der Waals surface area contributed by atoms with Crippen molar-refractivity contribution in [2.75, 3.05) is 33.9 Å². The molecule has 1 aromatic rings. The van der Waals surface area contributed by atoms with E-state index in [1.807, 2.05) is 19.1 Å². The lowest BCUT2D eigenvalue weighted by molar-refractivity contribution is -0.121. The number of hydrogen-bond acceptors (Lipinski definition) is 4. The van der Waals surface area contributed by atoms with Crippen LogP contribution in [-0.4, -0.2) is 44.7 Å². The molecule has 1 N–H and O–H groups in total. The number of benzene rings is 1. The Balaban J connectivity index is 2.21. The molecule has 1 saturated heterocycles. The molecule has 2 rings (SSSR count). The zero-order valence-corrected chi connectivity index (χ0v) is 13.7. The monoisotopic (exact) mass is 306 g/mol. The summed E-state index contributed by atoms with van der Waals surface area (Å²) in [6, 6.07) is 6.18. The zero-order chi connectivity index (χ0) is 15.9. The molecule has 0 bridgehead atoms. The Labute approximate surface area is 132 Å². The molecule has 1 heterocycles. The highest BCUT2D eigenvalue weighted by molar-refractivity contribution is 5.75. The second-order valence-corrected chi connectivity index (χ2v) is 5.53. The summed E-state index contributed by atoms with van der Waals surface area (Å²) in [6.45, 7) is 4.64. The summed E-state index contributed by atoms with van der Waals surface area (Å²) < 4.78 is 10.7. The second-order valence-electron chi connectivity index (χ2n) is 5.53. The van der Waals surface area contributed by atoms with Crippen LogP contribution in [0.15, 0.2) is 18.2 Å². The van der Waals surface area contributed by atoms with Gasteiger partial charge in [-0.05, 0) is 43.6 Å². The van der Waals surface area contributed by atoms with E-state index in [0.29, 0.717) is 13.0 Å². The first-order valence-electron chi connectivity index (χ1n) is 7.92. The maximum absolute atomic E-state index is 11.6. The van der Waals surface area contributed by atoms with Crippen LogP contribution in [0.25, 0.3) is 0 Å². The lowest BCUT2D eigenvalue weighted by Crippen LogP contribution is -2.36. The van der Waals surface area contributed by atoms with E-state index in [1.165, 1.54) is 12.8 Å². The van der Waals surface area contributed by atoms with Crippen LogP contribution in [0.1, 0.15) is 37.8 Å². The average molecular weight is 306 g/mol. The van der Waals surface area contributed by atoms with Crippen LogP contribution in [0, 0.1) is 0 Å². The number of ether oxygens (including phenoxy) is 2. The van der Waals surface area contributed by atoms with Gasteiger partial charge in [-0.3, -0.25) is 9.69 Å². The van der Waals surface area contributed by atoms with Crippen molar-refractivity contribution in [1.82, 2.24) is 10.2 Å². The van der Waals surface area contributed by atoms with Gasteiger partial charge in [0.2, 0.25) is 5.91 Å². The van der Waals surface area contributed by atoms with E-state index in [0.717, 1.165) is 30.2 Å². The molecule has 0 aromatic heterocycles. The number of rotatable bonds is 7. The van der Waals surface area contributed by atoms with E-state index in [4.69, 9.17) is 9.47 Å². The topological polar surface area (TPSA) is 50.8 Å². The molecule has 1 atom stereocenters. The maximum atomic E-state index is 11.6. The van der Waals surface area contributed by atoms with Gasteiger partial charge in [-0.15, -0.1) is 0 Å². The number of nitrogens with zero attached hydrogens (tertiary/aromatic N) is 1. The third-order valence-corrected chi connectivity index (χ3v) is 4.19. The molecule has 1 aromatic carbocycles. The predicted molar refractivity (Wildman–Crippen MR) is 86.4 cm³/mol. The van der Waals surface area contributed by atoms with E-state index < -0.39 is 0 Å². The van der Waals surface area contributed by atoms with Crippen molar-refractivity contribution in [2.45, 2.75) is 32.2 Å². The standard InChI is InChI=1S/C17H26N2O3/c1-4-17(20)18-12-14(19-9-5-6-10-19)13-7-8-15(21-2)16(11-13)22-3/h7-8,11,14H,4-6,9-10,12H2,1-3H3,(H,18,20). The van der Waals surface area contributed by atoms with E-state index in [1.54, 1.807) is 14.2 Å². The van der Waals surface area contributed by atoms with Gasteiger partial charge in [-0.1, -0.05) is 13.0 Å². The van der Waals surface area contributed by atoms with Crippen LogP contribution >= 0.6 is 0 Å². The minimum Gasteiger partial charge on any atom is -0.493 e. The number of nitrogens with one attached hydrogen (secondary N) is 1. The van der Waals surface area contributed by atoms with Gasteiger partial charge >= 0.3 is 0 Å². The molecule has 5 heteroatoms. The fraction of sp³-hybridized carbons (Fsp3) is 0.588. The summed E-state index contributed by atoms with van der Waals surface area (Å²) in [5, 5.41) is 3.02. The molecule has 0 radical (unpaired) electrons. The third kappa shape index (κ3) is 3.91. The number of methoxy groups -OCH3 is 2. The van der Waals surface area contributed by atoms with Crippen molar-refractivity contribution in [2.24, 2.45) is 0 Å². The average Bonchev–Trinajstić information content (AvgIpc) is 3.08. The summed E-state index contributed by atoms with van der Waals surface area (Å²) >= 11 is 0. The van der Waals surface area contributed by atoms with Crippen LogP contribution < -0.4 is 14.8 Å². The Kier molecular flexibility index (Phi) is 6.07. The van der Waals surface area contributed by atoms with Crippen LogP contribution in [0.3, 0.4) is 0 Å². The molecule has 0 saturated carbocycles. The summed E-state index contributed by atoms with van der Waals surface area (Å²) in [5.41, 5.74) is 1.15. The van der Waals surface area contributed by atoms with Gasteiger partial charge in [0, 0.05) is 13.0 Å². The largest absolute Gasteiger partial charge is 0.493 e. The molecule has 1 aliphatic heterocycles. The molecule has 0 spiro atoms. The lowest BCUT2D eigenvalue weighted by atomic mass is 10.0. The first-order valence-corrected chi connectivity index (χ1v) is 7.92. The van der Waals surface area contributed by atoms with Gasteiger partial charge < -0.3 is 14.8 Å². The van der Waals surface area contributed by atoms with Gasteiger partial charge in [0.15, 0.2) is 11.5 Å². The van der Waals surface area contributed by atoms with Gasteiger partial charge in [-0.25, -0.2) is 0 Å². The molecule has 1 aliphatic rings. The minimum absolute atomic E-state index is 0.0877. The van der Waals surface area contributed by atoms with E-state index in [9.17, 15) is 4.79 Å². The highest BCUT2D eigenvalue weighted by atomic mass is 16.5. The molecule has 5 nitrogen and oxygen atoms in total. The molecule has 1 unspecified atom stereocenters. The summed E-state index contributed by atoms with van der Waals surface area (Å²) in [5.74, 6) is 1.54. The van der Waals surface area contributed by atoms with Crippen LogP contribution in [0.4, 0.5) is 0 Å². The van der Waals surface area contributed by atoms with Crippen molar-refractivity contribution in [3.63, 3.8) is 0 Å². The fourth-order valence-corrected chi connectivity index (χ4v) is 2.91. The summed E-state index contributed by atoms with van der Waals surface area (Å²) in [4.78, 5) is 14.0.